The number of para-hydroxylation sites is 2. The van der Waals surface area contributed by atoms with Gasteiger partial charge in [-0.1, -0.05) is 75.9 Å². The fourth-order valence-corrected chi connectivity index (χ4v) is 5.57. The van der Waals surface area contributed by atoms with E-state index in [0.717, 1.165) is 5.56 Å². The molecule has 0 atom stereocenters. The smallest absolute Gasteiger partial charge is 0.310 e. The molecule has 5 N–H and O–H groups in total. The maximum Gasteiger partial charge on any atom is 0.310 e. The minimum atomic E-state index is -4.27. The van der Waals surface area contributed by atoms with Gasteiger partial charge in [0.15, 0.2) is 23.1 Å². The summed E-state index contributed by atoms with van der Waals surface area (Å²) in [4.78, 5) is 29.9. The average Bonchev–Trinajstić information content (AvgIpc) is 3.14. The molecule has 1 heterocycles. The third kappa shape index (κ3) is 12.1. The lowest BCUT2D eigenvalue weighted by Gasteiger charge is -2.20. The Hall–Kier alpha value is -5.85. The first kappa shape index (κ1) is 40.9. The summed E-state index contributed by atoms with van der Waals surface area (Å²) < 4.78 is 52.5. The number of aliphatic imine (C=N–C) groups is 1. The maximum absolute atomic E-state index is 13.6. The number of rotatable bonds is 17. The Balaban J connectivity index is 1.62. The second-order valence-electron chi connectivity index (χ2n) is 12.4. The Morgan fingerprint density at radius 3 is 2.13 bits per heavy atom. The summed E-state index contributed by atoms with van der Waals surface area (Å²) in [6.07, 6.45) is 2.89. The van der Waals surface area contributed by atoms with Crippen LogP contribution in [0.1, 0.15) is 43.3 Å². The molecule has 0 bridgehead atoms. The zero-order chi connectivity index (χ0) is 39.3. The maximum atomic E-state index is 13.6. The molecule has 0 saturated heterocycles. The molecule has 1 aromatic heterocycles. The van der Waals surface area contributed by atoms with Crippen LogP contribution in [0.2, 0.25) is 0 Å². The first-order chi connectivity index (χ1) is 25.7. The number of hydrogen-bond donors (Lipinski definition) is 4. The topological polar surface area (TPSA) is 217 Å². The molecular weight excluding hydrogens is 721 g/mol. The molecule has 17 heteroatoms. The number of nitrogens with one attached hydrogen (secondary N) is 1. The van der Waals surface area contributed by atoms with Gasteiger partial charge in [-0.15, -0.1) is 0 Å². The van der Waals surface area contributed by atoms with E-state index in [2.05, 4.69) is 31.1 Å². The van der Waals surface area contributed by atoms with Gasteiger partial charge < -0.3 is 24.7 Å². The van der Waals surface area contributed by atoms with Gasteiger partial charge >= 0.3 is 5.97 Å². The molecular formula is C37H42N6O10S. The van der Waals surface area contributed by atoms with Crippen LogP contribution in [0.25, 0.3) is 5.70 Å². The van der Waals surface area contributed by atoms with Crippen molar-refractivity contribution in [3.05, 3.63) is 132 Å². The predicted octanol–water partition coefficient (Wildman–Crippen LogP) is 4.65. The number of carbonyl (C=O) groups excluding carboxylic acids is 1. The second-order valence-corrected chi connectivity index (χ2v) is 14.1. The molecule has 0 aliphatic heterocycles. The molecule has 54 heavy (non-hydrogen) atoms. The van der Waals surface area contributed by atoms with Crippen LogP contribution >= 0.6 is 0 Å². The Labute approximate surface area is 313 Å². The third-order valence-corrected chi connectivity index (χ3v) is 8.74. The van der Waals surface area contributed by atoms with Crippen LogP contribution in [0.15, 0.2) is 119 Å². The Bertz CT molecular complexity index is 2050. The molecule has 4 aromatic rings. The van der Waals surface area contributed by atoms with Crippen LogP contribution in [0, 0.1) is 0 Å². The second kappa shape index (κ2) is 18.8. The van der Waals surface area contributed by atoms with Gasteiger partial charge in [-0.3, -0.25) is 19.9 Å². The number of nitrogens with zero attached hydrogens (tertiary/aromatic N) is 4. The highest BCUT2D eigenvalue weighted by Crippen LogP contribution is 2.29. The third-order valence-electron chi connectivity index (χ3n) is 7.36. The van der Waals surface area contributed by atoms with Crippen molar-refractivity contribution in [1.29, 1.82) is 0 Å². The van der Waals surface area contributed by atoms with Gasteiger partial charge in [-0.25, -0.2) is 28.2 Å². The number of benzene rings is 3. The first-order valence-corrected chi connectivity index (χ1v) is 17.8. The van der Waals surface area contributed by atoms with Gasteiger partial charge in [0, 0.05) is 12.4 Å². The lowest BCUT2D eigenvalue weighted by atomic mass is 9.87. The largest absolute Gasteiger partial charge is 0.493 e. The van der Waals surface area contributed by atoms with Gasteiger partial charge in [-0.2, -0.15) is 0 Å². The molecule has 0 spiro atoms. The number of ether oxygens (including phenoxy) is 4. The van der Waals surface area contributed by atoms with Crippen molar-refractivity contribution in [2.75, 3.05) is 20.3 Å². The van der Waals surface area contributed by atoms with E-state index in [9.17, 15) is 13.2 Å². The quantitative estimate of drug-likeness (QED) is 0.0288. The molecule has 0 aliphatic carbocycles. The summed E-state index contributed by atoms with van der Waals surface area (Å²) >= 11 is 0. The van der Waals surface area contributed by atoms with E-state index in [-0.39, 0.29) is 71.2 Å². The van der Waals surface area contributed by atoms with E-state index >= 15 is 0 Å². The average molecular weight is 763 g/mol. The minimum Gasteiger partial charge on any atom is -0.493 e. The normalized spacial score (nSPS) is 12.5. The molecule has 0 radical (unpaired) electrons. The summed E-state index contributed by atoms with van der Waals surface area (Å²) in [6, 6.07) is 21.2. The van der Waals surface area contributed by atoms with Crippen molar-refractivity contribution in [3.63, 3.8) is 0 Å². The van der Waals surface area contributed by atoms with Crippen molar-refractivity contribution in [2.45, 2.75) is 44.1 Å². The standard InChI is InChI=1S/C37H42N6O10S/c1-25(35-39-19-8-20-40-35)41-36(51-22-21-50-32(44)23-26-11-13-27(14-12-26)24-52-43(45)46)33(53-31-10-7-6-9-30(31)49-5)34(38)42-54(47,48)29-17-15-28(16-18-29)37(2,3)4/h6-20,42,45-46H,1,21-24,38H2,2-5H3/b34-33-,41-36+. The monoisotopic (exact) mass is 762 g/mol. The zero-order valence-corrected chi connectivity index (χ0v) is 30.9. The number of esters is 1. The summed E-state index contributed by atoms with van der Waals surface area (Å²) in [7, 11) is -2.84. The summed E-state index contributed by atoms with van der Waals surface area (Å²) in [5.41, 5.74) is 8.44. The van der Waals surface area contributed by atoms with Crippen molar-refractivity contribution in [2.24, 2.45) is 10.7 Å². The number of carbonyl (C=O) groups is 1. The molecule has 16 nitrogen and oxygen atoms in total. The summed E-state index contributed by atoms with van der Waals surface area (Å²) in [6.45, 7) is 9.32. The highest BCUT2D eigenvalue weighted by molar-refractivity contribution is 7.89. The van der Waals surface area contributed by atoms with Gasteiger partial charge in [0.25, 0.3) is 15.9 Å². The number of aromatic nitrogens is 2. The molecule has 4 rings (SSSR count). The molecule has 0 unspecified atom stereocenters. The summed E-state index contributed by atoms with van der Waals surface area (Å²) in [5, 5.41) is 17.0. The van der Waals surface area contributed by atoms with Gasteiger partial charge in [0.2, 0.25) is 5.76 Å². The van der Waals surface area contributed by atoms with Crippen LogP contribution in [0.3, 0.4) is 0 Å². The van der Waals surface area contributed by atoms with E-state index < -0.39 is 27.2 Å². The highest BCUT2D eigenvalue weighted by Gasteiger charge is 2.25. The lowest BCUT2D eigenvalue weighted by molar-refractivity contribution is -0.497. The van der Waals surface area contributed by atoms with Crippen LogP contribution in [-0.4, -0.2) is 66.4 Å². The van der Waals surface area contributed by atoms with Crippen LogP contribution < -0.4 is 19.9 Å². The number of hydrogen-bond acceptors (Lipinski definition) is 15. The van der Waals surface area contributed by atoms with E-state index in [0.29, 0.717) is 11.1 Å². The van der Waals surface area contributed by atoms with E-state index in [1.807, 2.05) is 20.8 Å². The molecule has 3 aromatic carbocycles. The Kier molecular flexibility index (Phi) is 14.2. The van der Waals surface area contributed by atoms with Crippen LogP contribution in [-0.2, 0) is 47.6 Å². The van der Waals surface area contributed by atoms with Crippen LogP contribution in [0.5, 0.6) is 11.5 Å². The lowest BCUT2D eigenvalue weighted by Crippen LogP contribution is -2.33. The molecule has 0 aliphatic rings. The fourth-order valence-electron chi connectivity index (χ4n) is 4.58. The molecule has 0 fully saturated rings. The van der Waals surface area contributed by atoms with E-state index in [1.54, 1.807) is 66.7 Å². The van der Waals surface area contributed by atoms with Gasteiger partial charge in [0.1, 0.15) is 18.9 Å². The van der Waals surface area contributed by atoms with Gasteiger partial charge in [-0.05, 0) is 52.4 Å². The van der Waals surface area contributed by atoms with Crippen molar-refractivity contribution in [3.8, 4) is 11.5 Å². The Morgan fingerprint density at radius 2 is 1.52 bits per heavy atom. The number of nitrogens with two attached hydrogens (primary N) is 1. The predicted molar refractivity (Wildman–Crippen MR) is 196 cm³/mol. The number of sulfonamides is 1. The number of methoxy groups -OCH3 is 1. The van der Waals surface area contributed by atoms with Gasteiger partial charge in [0.05, 0.1) is 30.4 Å². The van der Waals surface area contributed by atoms with Crippen molar-refractivity contribution < 1.29 is 47.4 Å². The SMILES string of the molecule is C=C(/N=C(OCCOC(=O)Cc1ccc(CON(O)O)cc1)\C(Oc1ccccc1OC)=C(/N)NS(=O)(=O)c1ccc(C(C)(C)C)cc1)c1ncccn1. The zero-order valence-electron chi connectivity index (χ0n) is 30.1. The van der Waals surface area contributed by atoms with E-state index in [4.69, 9.17) is 35.1 Å². The van der Waals surface area contributed by atoms with E-state index in [1.165, 1.54) is 31.6 Å². The molecule has 286 valence electrons. The van der Waals surface area contributed by atoms with Crippen molar-refractivity contribution >= 4 is 27.6 Å². The minimum absolute atomic E-state index is 0.0108. The fraction of sp³-hybridized carbons (Fsp3) is 0.243. The van der Waals surface area contributed by atoms with Crippen LogP contribution in [0.4, 0.5) is 0 Å². The first-order valence-electron chi connectivity index (χ1n) is 16.3. The highest BCUT2D eigenvalue weighted by atomic mass is 32.2. The summed E-state index contributed by atoms with van der Waals surface area (Å²) in [5.74, 6) is -1.25. The van der Waals surface area contributed by atoms with Crippen molar-refractivity contribution in [1.82, 2.24) is 20.1 Å². The molecule has 0 saturated carbocycles. The Morgan fingerprint density at radius 1 is 0.907 bits per heavy atom. The molecule has 0 amide bonds.